The molecule has 29 heavy (non-hydrogen) atoms. The minimum absolute atomic E-state index is 0.158. The number of aliphatic hydroxyl groups excluding tert-OH is 1. The molecule has 0 amide bonds. The van der Waals surface area contributed by atoms with Crippen molar-refractivity contribution in [3.05, 3.63) is 35.6 Å². The Morgan fingerprint density at radius 3 is 2.38 bits per heavy atom. The van der Waals surface area contributed by atoms with Crippen LogP contribution in [-0.4, -0.2) is 20.0 Å². The van der Waals surface area contributed by atoms with Crippen LogP contribution < -0.4 is 0 Å². The van der Waals surface area contributed by atoms with Gasteiger partial charge < -0.3 is 5.11 Å². The summed E-state index contributed by atoms with van der Waals surface area (Å²) in [7, 11) is -0.454. The Labute approximate surface area is 179 Å². The minimum atomic E-state index is -0.454. The zero-order valence-electron chi connectivity index (χ0n) is 18.2. The molecule has 3 heteroatoms. The van der Waals surface area contributed by atoms with E-state index >= 15 is 0 Å². The van der Waals surface area contributed by atoms with Crippen molar-refractivity contribution in [1.82, 2.24) is 0 Å². The number of aliphatic hydroxyl groups is 1. The summed E-state index contributed by atoms with van der Waals surface area (Å²) in [5.41, 5.74) is 1.26. The van der Waals surface area contributed by atoms with Gasteiger partial charge in [-0.2, -0.15) is 0 Å². The van der Waals surface area contributed by atoms with Gasteiger partial charge in [-0.3, -0.25) is 0 Å². The normalized spacial score (nSPS) is 28.4. The van der Waals surface area contributed by atoms with Gasteiger partial charge in [-0.05, 0) is 61.6 Å². The fourth-order valence-electron chi connectivity index (χ4n) is 5.33. The molecular formula is C26H39FOSi. The van der Waals surface area contributed by atoms with E-state index in [1.807, 2.05) is 12.1 Å². The van der Waals surface area contributed by atoms with Gasteiger partial charge in [-0.1, -0.05) is 81.1 Å². The smallest absolute Gasteiger partial charge is 0.123 e. The number of hydrogen-bond acceptors (Lipinski definition) is 1. The van der Waals surface area contributed by atoms with Gasteiger partial charge in [0.1, 0.15) is 11.9 Å². The average Bonchev–Trinajstić information content (AvgIpc) is 2.75. The monoisotopic (exact) mass is 414 g/mol. The first-order chi connectivity index (χ1) is 14.1. The lowest BCUT2D eigenvalue weighted by molar-refractivity contribution is 0.189. The van der Waals surface area contributed by atoms with Crippen LogP contribution in [0.4, 0.5) is 4.39 Å². The summed E-state index contributed by atoms with van der Waals surface area (Å²) in [6.45, 7) is 2.29. The van der Waals surface area contributed by atoms with Crippen molar-refractivity contribution in [1.29, 1.82) is 0 Å². The predicted molar refractivity (Wildman–Crippen MR) is 123 cm³/mol. The Balaban J connectivity index is 1.35. The summed E-state index contributed by atoms with van der Waals surface area (Å²) in [4.78, 5) is 0. The molecule has 160 valence electrons. The molecule has 1 nitrogen and oxygen atoms in total. The van der Waals surface area contributed by atoms with Crippen molar-refractivity contribution >= 4 is 8.80 Å². The largest absolute Gasteiger partial charge is 0.380 e. The van der Waals surface area contributed by atoms with Gasteiger partial charge in [0.2, 0.25) is 0 Å². The number of hydrogen-bond donors (Lipinski definition) is 1. The maximum Gasteiger partial charge on any atom is 0.123 e. The lowest BCUT2D eigenvalue weighted by Gasteiger charge is -2.28. The lowest BCUT2D eigenvalue weighted by atomic mass is 9.79. The van der Waals surface area contributed by atoms with Crippen molar-refractivity contribution in [2.24, 2.45) is 11.8 Å². The van der Waals surface area contributed by atoms with Crippen LogP contribution in [0.25, 0.3) is 0 Å². The van der Waals surface area contributed by atoms with Crippen molar-refractivity contribution in [3.8, 4) is 11.8 Å². The standard InChI is InChI=1S/C26H39FOSi/c1-2-3-4-17-29-18-15-22(16-19-29)20-26(28)14-7-21-5-8-23(9-6-21)24-10-12-25(27)13-11-24/h10-13,21-23,26,28-29H,2-6,8-9,15-20H2,1H3. The SMILES string of the molecule is CCCCC[SiH]1CCC(CC(O)C#CC2CCC(c3ccc(F)cc3)CC2)CC1. The van der Waals surface area contributed by atoms with E-state index in [0.717, 1.165) is 32.1 Å². The fraction of sp³-hybridized carbons (Fsp3) is 0.692. The maximum atomic E-state index is 13.1. The minimum Gasteiger partial charge on any atom is -0.380 e. The molecular weight excluding hydrogens is 375 g/mol. The van der Waals surface area contributed by atoms with Crippen LogP contribution in [-0.2, 0) is 0 Å². The third-order valence-corrected chi connectivity index (χ3v) is 10.8. The van der Waals surface area contributed by atoms with Crippen LogP contribution in [0.5, 0.6) is 0 Å². The van der Waals surface area contributed by atoms with Crippen LogP contribution in [0.1, 0.15) is 82.6 Å². The number of benzene rings is 1. The van der Waals surface area contributed by atoms with Crippen LogP contribution in [0.15, 0.2) is 24.3 Å². The summed E-state index contributed by atoms with van der Waals surface area (Å²) < 4.78 is 13.1. The molecule has 1 aliphatic carbocycles. The fourth-order valence-corrected chi connectivity index (χ4v) is 8.95. The van der Waals surface area contributed by atoms with E-state index in [-0.39, 0.29) is 5.82 Å². The van der Waals surface area contributed by atoms with E-state index in [1.54, 1.807) is 18.2 Å². The number of unbranched alkanes of at least 4 members (excludes halogenated alkanes) is 2. The zero-order valence-corrected chi connectivity index (χ0v) is 19.4. The molecule has 1 aromatic carbocycles. The van der Waals surface area contributed by atoms with E-state index in [1.165, 1.54) is 49.8 Å². The Morgan fingerprint density at radius 2 is 1.72 bits per heavy atom. The molecule has 3 rings (SSSR count). The van der Waals surface area contributed by atoms with E-state index in [2.05, 4.69) is 18.8 Å². The molecule has 1 N–H and O–H groups in total. The number of rotatable bonds is 7. The molecule has 1 aromatic rings. The van der Waals surface area contributed by atoms with Crippen molar-refractivity contribution in [2.45, 2.75) is 101 Å². The highest BCUT2D eigenvalue weighted by Crippen LogP contribution is 2.35. The van der Waals surface area contributed by atoms with E-state index < -0.39 is 14.9 Å². The summed E-state index contributed by atoms with van der Waals surface area (Å²) in [5.74, 6) is 8.06. The number of halogens is 1. The molecule has 1 saturated heterocycles. The summed E-state index contributed by atoms with van der Waals surface area (Å²) >= 11 is 0. The maximum absolute atomic E-state index is 13.1. The Bertz CT molecular complexity index is 646. The van der Waals surface area contributed by atoms with Gasteiger partial charge in [0, 0.05) is 14.7 Å². The van der Waals surface area contributed by atoms with Gasteiger partial charge in [0.15, 0.2) is 0 Å². The second-order valence-corrected chi connectivity index (χ2v) is 13.0. The Kier molecular flexibility index (Phi) is 9.27. The molecule has 1 aliphatic heterocycles. The molecule has 1 saturated carbocycles. The summed E-state index contributed by atoms with van der Waals surface area (Å²) in [6, 6.07) is 11.5. The molecule has 1 heterocycles. The summed E-state index contributed by atoms with van der Waals surface area (Å²) in [5, 5.41) is 10.4. The molecule has 1 unspecified atom stereocenters. The highest BCUT2D eigenvalue weighted by Gasteiger charge is 2.24. The summed E-state index contributed by atoms with van der Waals surface area (Å²) in [6.07, 6.45) is 11.7. The highest BCUT2D eigenvalue weighted by atomic mass is 28.3. The molecule has 0 spiro atoms. The first kappa shape index (κ1) is 22.6. The molecule has 0 aromatic heterocycles. The van der Waals surface area contributed by atoms with Gasteiger partial charge in [-0.15, -0.1) is 0 Å². The Hall–Kier alpha value is -1.11. The van der Waals surface area contributed by atoms with Crippen LogP contribution in [0, 0.1) is 29.5 Å². The van der Waals surface area contributed by atoms with Crippen molar-refractivity contribution in [3.63, 3.8) is 0 Å². The first-order valence-electron chi connectivity index (χ1n) is 12.1. The van der Waals surface area contributed by atoms with E-state index in [4.69, 9.17) is 0 Å². The van der Waals surface area contributed by atoms with Crippen LogP contribution >= 0.6 is 0 Å². The highest BCUT2D eigenvalue weighted by molar-refractivity contribution is 6.58. The van der Waals surface area contributed by atoms with E-state index in [0.29, 0.717) is 17.8 Å². The van der Waals surface area contributed by atoms with Gasteiger partial charge in [0.05, 0.1) is 0 Å². The topological polar surface area (TPSA) is 20.2 Å². The van der Waals surface area contributed by atoms with Gasteiger partial charge in [0.25, 0.3) is 0 Å². The molecule has 0 bridgehead atoms. The quantitative estimate of drug-likeness (QED) is 0.300. The Morgan fingerprint density at radius 1 is 1.03 bits per heavy atom. The molecule has 0 radical (unpaired) electrons. The zero-order chi connectivity index (χ0) is 20.5. The van der Waals surface area contributed by atoms with Crippen molar-refractivity contribution < 1.29 is 9.50 Å². The third-order valence-electron chi connectivity index (χ3n) is 7.26. The molecule has 2 fully saturated rings. The second-order valence-electron chi connectivity index (χ2n) is 9.52. The predicted octanol–water partition coefficient (Wildman–Crippen LogP) is 6.68. The van der Waals surface area contributed by atoms with Gasteiger partial charge in [-0.25, -0.2) is 4.39 Å². The first-order valence-corrected chi connectivity index (χ1v) is 14.5. The van der Waals surface area contributed by atoms with E-state index in [9.17, 15) is 9.50 Å². The van der Waals surface area contributed by atoms with Crippen molar-refractivity contribution in [2.75, 3.05) is 0 Å². The third kappa shape index (κ3) is 7.57. The molecule has 1 atom stereocenters. The lowest BCUT2D eigenvalue weighted by Crippen LogP contribution is -2.23. The average molecular weight is 415 g/mol. The molecule has 2 aliphatic rings. The van der Waals surface area contributed by atoms with Crippen LogP contribution in [0.3, 0.4) is 0 Å². The van der Waals surface area contributed by atoms with Crippen LogP contribution in [0.2, 0.25) is 18.1 Å². The second kappa shape index (κ2) is 11.9. The van der Waals surface area contributed by atoms with Gasteiger partial charge >= 0.3 is 0 Å².